The zero-order chi connectivity index (χ0) is 41.6. The first-order valence-corrected chi connectivity index (χ1v) is 22.4. The molecule has 2 aromatic rings. The van der Waals surface area contributed by atoms with E-state index in [2.05, 4.69) is 16.6 Å². The molecule has 0 aromatic heterocycles. The van der Waals surface area contributed by atoms with Crippen LogP contribution in [0.15, 0.2) is 67.3 Å². The van der Waals surface area contributed by atoms with Crippen molar-refractivity contribution in [3.8, 4) is 11.1 Å². The number of likely N-dealkylation sites (tertiary alicyclic amines) is 1. The molecule has 1 heterocycles. The van der Waals surface area contributed by atoms with Crippen LogP contribution >= 0.6 is 0 Å². The Morgan fingerprint density at radius 1 is 0.946 bits per heavy atom. The van der Waals surface area contributed by atoms with Crippen molar-refractivity contribution in [2.24, 2.45) is 11.3 Å². The van der Waals surface area contributed by atoms with Crippen molar-refractivity contribution in [2.75, 3.05) is 12.3 Å². The van der Waals surface area contributed by atoms with Crippen LogP contribution in [0.3, 0.4) is 0 Å². The van der Waals surface area contributed by atoms with E-state index >= 15 is 4.79 Å². The minimum absolute atomic E-state index is 0.0389. The largest absolute Gasteiger partial charge is 0.465 e. The van der Waals surface area contributed by atoms with Gasteiger partial charge in [0.15, 0.2) is 9.84 Å². The number of benzene rings is 2. The summed E-state index contributed by atoms with van der Waals surface area (Å²) >= 11 is 0. The van der Waals surface area contributed by atoms with Crippen molar-refractivity contribution in [3.05, 3.63) is 72.8 Å². The highest BCUT2D eigenvalue weighted by Crippen LogP contribution is 2.48. The molecule has 3 fully saturated rings. The number of nitrogens with zero attached hydrogens (tertiary/aromatic N) is 2. The van der Waals surface area contributed by atoms with Crippen LogP contribution in [-0.4, -0.2) is 96.3 Å². The molecule has 0 bridgehead atoms. The topological polar surface area (TPSA) is 187 Å². The van der Waals surface area contributed by atoms with Crippen LogP contribution < -0.4 is 10.0 Å². The molecule has 2 aromatic carbocycles. The highest BCUT2D eigenvalue weighted by atomic mass is 32.2. The molecule has 306 valence electrons. The minimum Gasteiger partial charge on any atom is -0.465 e. The van der Waals surface area contributed by atoms with E-state index < -0.39 is 101 Å². The molecule has 2 saturated carbocycles. The summed E-state index contributed by atoms with van der Waals surface area (Å²) in [6.45, 7) is 15.2. The summed E-state index contributed by atoms with van der Waals surface area (Å²) in [5.74, 6) is -3.44. The number of amides is 4. The second kappa shape index (κ2) is 15.3. The Labute approximate surface area is 331 Å². The van der Waals surface area contributed by atoms with Gasteiger partial charge in [-0.05, 0) is 68.6 Å². The molecule has 2 aliphatic carbocycles. The van der Waals surface area contributed by atoms with Gasteiger partial charge in [0.25, 0.3) is 5.91 Å². The van der Waals surface area contributed by atoms with Crippen LogP contribution in [0.1, 0.15) is 92.6 Å². The molecule has 0 spiro atoms. The molecule has 15 heteroatoms. The van der Waals surface area contributed by atoms with Gasteiger partial charge in [-0.1, -0.05) is 94.8 Å². The predicted molar refractivity (Wildman–Crippen MR) is 214 cm³/mol. The smallest absolute Gasteiger partial charge is 0.408 e. The molecule has 56 heavy (non-hydrogen) atoms. The Bertz CT molecular complexity index is 2070. The van der Waals surface area contributed by atoms with E-state index in [0.717, 1.165) is 16.0 Å². The SMILES string of the molecule is C=C[C@@H]1C[C@]1(NC(=O)[C@@H]1C[C@](c2ccc(-c3ccccc3)cc2)(S(=O)(=O)CCCC)CN1C(=O)[C@@H](N(C(=O)O)C(C)(C)C)C(C)(C)C)C(=O)NS(=O)(=O)C1CC1. The Morgan fingerprint density at radius 2 is 1.54 bits per heavy atom. The second-order valence-corrected chi connectivity index (χ2v) is 22.0. The van der Waals surface area contributed by atoms with Crippen molar-refractivity contribution in [1.29, 1.82) is 0 Å². The standard InChI is InChI=1S/C41H56N4O9S2/c1-9-11-23-55(51,52)40(30-19-17-28(18-20-30)27-15-13-12-14-16-27)25-32(44(26-40)35(47)33(38(3,4)5)45(37(49)50)39(6,7)8)34(46)42-41(24-29(41)10-2)36(48)43-56(53,54)31-21-22-31/h10,12-20,29,31-33H,2,9,11,21-26H2,1,3-8H3,(H,42,46)(H,43,48)(H,49,50)/t29-,32+,33-,40+,41-/m1/s1. The molecule has 4 amide bonds. The van der Waals surface area contributed by atoms with E-state index in [1.165, 1.54) is 11.0 Å². The number of sulfone groups is 1. The monoisotopic (exact) mass is 812 g/mol. The van der Waals surface area contributed by atoms with E-state index in [0.29, 0.717) is 31.2 Å². The van der Waals surface area contributed by atoms with E-state index in [1.54, 1.807) is 65.8 Å². The average Bonchev–Trinajstić information content (AvgIpc) is 4.05. The third-order valence-electron chi connectivity index (χ3n) is 11.3. The van der Waals surface area contributed by atoms with Gasteiger partial charge in [-0.2, -0.15) is 0 Å². The van der Waals surface area contributed by atoms with Gasteiger partial charge in [0, 0.05) is 24.4 Å². The molecule has 3 aliphatic rings. The predicted octanol–water partition coefficient (Wildman–Crippen LogP) is 5.23. The summed E-state index contributed by atoms with van der Waals surface area (Å²) in [5, 5.41) is 12.6. The third-order valence-corrected chi connectivity index (χ3v) is 15.6. The lowest BCUT2D eigenvalue weighted by atomic mass is 9.82. The lowest BCUT2D eigenvalue weighted by Crippen LogP contribution is -2.64. The first kappa shape index (κ1) is 42.9. The highest BCUT2D eigenvalue weighted by Gasteiger charge is 2.64. The van der Waals surface area contributed by atoms with Gasteiger partial charge < -0.3 is 15.3 Å². The van der Waals surface area contributed by atoms with Crippen LogP contribution in [0, 0.1) is 11.3 Å². The first-order valence-electron chi connectivity index (χ1n) is 19.2. The Hall–Kier alpha value is -4.24. The number of carbonyl (C=O) groups excluding carboxylic acids is 3. The normalized spacial score (nSPS) is 24.5. The molecular formula is C41H56N4O9S2. The number of unbranched alkanes of at least 4 members (excludes halogenated alkanes) is 1. The molecule has 1 aliphatic heterocycles. The summed E-state index contributed by atoms with van der Waals surface area (Å²) < 4.78 is 55.6. The van der Waals surface area contributed by atoms with Crippen molar-refractivity contribution in [1.82, 2.24) is 19.8 Å². The number of carboxylic acid groups (broad SMARTS) is 1. The van der Waals surface area contributed by atoms with Crippen LogP contribution in [0.5, 0.6) is 0 Å². The number of hydrogen-bond donors (Lipinski definition) is 3. The van der Waals surface area contributed by atoms with Gasteiger partial charge in [-0.15, -0.1) is 6.58 Å². The first-order chi connectivity index (χ1) is 26.0. The summed E-state index contributed by atoms with van der Waals surface area (Å²) in [5.41, 5.74) is -1.74. The summed E-state index contributed by atoms with van der Waals surface area (Å²) in [7, 11) is -8.13. The maximum absolute atomic E-state index is 15.2. The maximum atomic E-state index is 15.2. The Morgan fingerprint density at radius 3 is 2.02 bits per heavy atom. The lowest BCUT2D eigenvalue weighted by Gasteiger charge is -2.46. The summed E-state index contributed by atoms with van der Waals surface area (Å²) in [6.07, 6.45) is 1.41. The van der Waals surface area contributed by atoms with Crippen LogP contribution in [0.2, 0.25) is 0 Å². The number of carbonyl (C=O) groups is 4. The second-order valence-electron chi connectivity index (χ2n) is 17.6. The fraction of sp³-hybridized carbons (Fsp3) is 0.561. The zero-order valence-electron chi connectivity index (χ0n) is 33.4. The third kappa shape index (κ3) is 8.25. The van der Waals surface area contributed by atoms with E-state index in [9.17, 15) is 36.3 Å². The zero-order valence-corrected chi connectivity index (χ0v) is 35.0. The number of rotatable bonds is 14. The quantitative estimate of drug-likeness (QED) is 0.215. The van der Waals surface area contributed by atoms with Crippen molar-refractivity contribution in [2.45, 2.75) is 120 Å². The van der Waals surface area contributed by atoms with Crippen LogP contribution in [0.4, 0.5) is 4.79 Å². The molecule has 0 unspecified atom stereocenters. The molecule has 3 N–H and O–H groups in total. The fourth-order valence-corrected chi connectivity index (χ4v) is 11.6. The fourth-order valence-electron chi connectivity index (χ4n) is 7.91. The molecule has 13 nitrogen and oxygen atoms in total. The number of nitrogens with one attached hydrogen (secondary N) is 2. The van der Waals surface area contributed by atoms with Gasteiger partial charge in [0.2, 0.25) is 21.8 Å². The van der Waals surface area contributed by atoms with Crippen molar-refractivity contribution >= 4 is 43.7 Å². The van der Waals surface area contributed by atoms with E-state index in [4.69, 9.17) is 0 Å². The molecule has 5 rings (SSSR count). The summed E-state index contributed by atoms with van der Waals surface area (Å²) in [6, 6.07) is 13.6. The van der Waals surface area contributed by atoms with E-state index in [-0.39, 0.29) is 12.2 Å². The van der Waals surface area contributed by atoms with Gasteiger partial charge in [-0.3, -0.25) is 24.0 Å². The average molecular weight is 813 g/mol. The van der Waals surface area contributed by atoms with E-state index in [1.807, 2.05) is 37.3 Å². The van der Waals surface area contributed by atoms with Gasteiger partial charge >= 0.3 is 6.09 Å². The van der Waals surface area contributed by atoms with Crippen LogP contribution in [0.25, 0.3) is 11.1 Å². The van der Waals surface area contributed by atoms with Gasteiger partial charge in [0.1, 0.15) is 22.4 Å². The van der Waals surface area contributed by atoms with Crippen molar-refractivity contribution < 1.29 is 41.1 Å². The number of hydrogen-bond acceptors (Lipinski definition) is 8. The Balaban J connectivity index is 1.66. The summed E-state index contributed by atoms with van der Waals surface area (Å²) in [4.78, 5) is 58.8. The van der Waals surface area contributed by atoms with Crippen LogP contribution in [-0.2, 0) is 39.0 Å². The molecule has 1 saturated heterocycles. The molecule has 0 radical (unpaired) electrons. The Kier molecular flexibility index (Phi) is 11.7. The van der Waals surface area contributed by atoms with Crippen molar-refractivity contribution in [3.63, 3.8) is 0 Å². The molecular weight excluding hydrogens is 757 g/mol. The lowest BCUT2D eigenvalue weighted by molar-refractivity contribution is -0.147. The highest BCUT2D eigenvalue weighted by molar-refractivity contribution is 7.92. The molecule has 5 atom stereocenters. The van der Waals surface area contributed by atoms with Gasteiger partial charge in [-0.25, -0.2) is 21.6 Å². The minimum atomic E-state index is -4.14. The van der Waals surface area contributed by atoms with Gasteiger partial charge in [0.05, 0.1) is 11.0 Å². The number of sulfonamides is 1. The maximum Gasteiger partial charge on any atom is 0.408 e.